The third kappa shape index (κ3) is 10.2. The number of hydrogen-bond acceptors (Lipinski definition) is 5. The normalized spacial score (nSPS) is 20.0. The van der Waals surface area contributed by atoms with Gasteiger partial charge in [-0.05, 0) is 82.2 Å². The highest BCUT2D eigenvalue weighted by atomic mass is 79.9. The second-order valence-corrected chi connectivity index (χ2v) is 12.3. The molecule has 2 amide bonds. The van der Waals surface area contributed by atoms with Crippen LogP contribution in [0.2, 0.25) is 0 Å². The first-order valence-electron chi connectivity index (χ1n) is 13.5. The molecule has 39 heavy (non-hydrogen) atoms. The zero-order chi connectivity index (χ0) is 28.6. The van der Waals surface area contributed by atoms with Gasteiger partial charge in [0, 0.05) is 10.4 Å². The number of rotatable bonds is 10. The second kappa shape index (κ2) is 14.2. The lowest BCUT2D eigenvalue weighted by Crippen LogP contribution is -2.50. The first kappa shape index (κ1) is 31.0. The Morgan fingerprint density at radius 3 is 2.38 bits per heavy atom. The molecule has 1 saturated carbocycles. The number of aliphatic hydroxyl groups excluding tert-OH is 2. The van der Waals surface area contributed by atoms with Crippen molar-refractivity contribution in [1.29, 1.82) is 0 Å². The standard InChI is InChI=1S/C30H40BrFN2O5/c1-30(2,3)39-29(38)34-25(16-19-12-14-22(31)15-13-19)27(36)18-21(17-20-8-4-5-9-23(20)32)28(37)33-24-10-6-7-11-26(24)35/h4-5,8-9,12-15,21,24-27,35-36H,6-7,10-11,16-18H2,1-3H3,(H,33,37)(H,34,38)/t21-,24+,25+,26-,27+/m1/s1. The molecule has 0 aliphatic heterocycles. The molecule has 214 valence electrons. The Hall–Kier alpha value is -2.49. The lowest BCUT2D eigenvalue weighted by atomic mass is 9.87. The number of halogens is 2. The van der Waals surface area contributed by atoms with Crippen molar-refractivity contribution in [3.8, 4) is 0 Å². The fourth-order valence-electron chi connectivity index (χ4n) is 4.87. The van der Waals surface area contributed by atoms with Crippen LogP contribution in [0, 0.1) is 11.7 Å². The van der Waals surface area contributed by atoms with E-state index in [4.69, 9.17) is 4.74 Å². The maximum absolute atomic E-state index is 14.6. The Labute approximate surface area is 238 Å². The molecule has 2 aromatic carbocycles. The van der Waals surface area contributed by atoms with Crippen LogP contribution in [0.3, 0.4) is 0 Å². The molecule has 9 heteroatoms. The minimum absolute atomic E-state index is 0.0278. The van der Waals surface area contributed by atoms with E-state index in [1.165, 1.54) is 6.07 Å². The number of nitrogens with one attached hydrogen (secondary N) is 2. The van der Waals surface area contributed by atoms with Crippen LogP contribution in [0.25, 0.3) is 0 Å². The molecule has 0 unspecified atom stereocenters. The number of alkyl carbamates (subject to hydrolysis) is 1. The fourth-order valence-corrected chi connectivity index (χ4v) is 5.13. The SMILES string of the molecule is CC(C)(C)OC(=O)N[C@@H](Cc1ccc(Br)cc1)[C@@H](O)C[C@@H](Cc1ccccc1F)C(=O)N[C@H]1CCCC[C@H]1O. The van der Waals surface area contributed by atoms with E-state index in [0.717, 1.165) is 22.9 Å². The zero-order valence-corrected chi connectivity index (χ0v) is 24.4. The molecular formula is C30H40BrFN2O5. The van der Waals surface area contributed by atoms with Gasteiger partial charge >= 0.3 is 6.09 Å². The van der Waals surface area contributed by atoms with Gasteiger partial charge in [0.2, 0.25) is 5.91 Å². The van der Waals surface area contributed by atoms with Gasteiger partial charge in [0.25, 0.3) is 0 Å². The van der Waals surface area contributed by atoms with Crippen LogP contribution in [0.15, 0.2) is 53.0 Å². The molecule has 0 spiro atoms. The van der Waals surface area contributed by atoms with Gasteiger partial charge < -0.3 is 25.6 Å². The summed E-state index contributed by atoms with van der Waals surface area (Å²) < 4.78 is 20.9. The van der Waals surface area contributed by atoms with Gasteiger partial charge in [0.15, 0.2) is 0 Å². The first-order valence-corrected chi connectivity index (χ1v) is 14.3. The molecular weight excluding hydrogens is 567 g/mol. The number of hydrogen-bond donors (Lipinski definition) is 4. The number of aliphatic hydroxyl groups is 2. The van der Waals surface area contributed by atoms with Crippen molar-refractivity contribution in [2.45, 2.75) is 95.6 Å². The van der Waals surface area contributed by atoms with Crippen molar-refractivity contribution in [3.05, 3.63) is 69.9 Å². The average molecular weight is 608 g/mol. The van der Waals surface area contributed by atoms with Crippen molar-refractivity contribution in [1.82, 2.24) is 10.6 Å². The third-order valence-corrected chi connectivity index (χ3v) is 7.44. The fraction of sp³-hybridized carbons (Fsp3) is 0.533. The number of amides is 2. The predicted octanol–water partition coefficient (Wildman–Crippen LogP) is 5.05. The van der Waals surface area contributed by atoms with Crippen LogP contribution in [0.5, 0.6) is 0 Å². The van der Waals surface area contributed by atoms with Crippen molar-refractivity contribution < 1.29 is 28.9 Å². The number of ether oxygens (including phenoxy) is 1. The molecule has 5 atom stereocenters. The van der Waals surface area contributed by atoms with Crippen LogP contribution in [0.1, 0.15) is 64.0 Å². The summed E-state index contributed by atoms with van der Waals surface area (Å²) >= 11 is 3.41. The Morgan fingerprint density at radius 1 is 1.08 bits per heavy atom. The van der Waals surface area contributed by atoms with Crippen LogP contribution < -0.4 is 10.6 Å². The smallest absolute Gasteiger partial charge is 0.407 e. The quantitative estimate of drug-likeness (QED) is 0.302. The number of benzene rings is 2. The maximum atomic E-state index is 14.6. The molecule has 0 saturated heterocycles. The van der Waals surface area contributed by atoms with Gasteiger partial charge in [0.1, 0.15) is 11.4 Å². The zero-order valence-electron chi connectivity index (χ0n) is 22.8. The molecule has 0 bridgehead atoms. The summed E-state index contributed by atoms with van der Waals surface area (Å²) in [5, 5.41) is 27.5. The minimum Gasteiger partial charge on any atom is -0.444 e. The molecule has 2 aromatic rings. The van der Waals surface area contributed by atoms with E-state index in [2.05, 4.69) is 26.6 Å². The van der Waals surface area contributed by atoms with Crippen molar-refractivity contribution in [2.24, 2.45) is 5.92 Å². The van der Waals surface area contributed by atoms with Gasteiger partial charge in [-0.15, -0.1) is 0 Å². The predicted molar refractivity (Wildman–Crippen MR) is 152 cm³/mol. The van der Waals surface area contributed by atoms with Gasteiger partial charge in [-0.1, -0.05) is 59.1 Å². The van der Waals surface area contributed by atoms with E-state index in [9.17, 15) is 24.2 Å². The molecule has 4 N–H and O–H groups in total. The van der Waals surface area contributed by atoms with E-state index in [1.54, 1.807) is 39.0 Å². The second-order valence-electron chi connectivity index (χ2n) is 11.3. The van der Waals surface area contributed by atoms with E-state index in [-0.39, 0.29) is 24.8 Å². The molecule has 7 nitrogen and oxygen atoms in total. The summed E-state index contributed by atoms with van der Waals surface area (Å²) in [6.45, 7) is 5.25. The summed E-state index contributed by atoms with van der Waals surface area (Å²) in [5.74, 6) is -1.58. The average Bonchev–Trinajstić information content (AvgIpc) is 2.86. The molecule has 1 fully saturated rings. The highest BCUT2D eigenvalue weighted by Crippen LogP contribution is 2.24. The Balaban J connectivity index is 1.82. The molecule has 0 aromatic heterocycles. The molecule has 1 aliphatic rings. The highest BCUT2D eigenvalue weighted by molar-refractivity contribution is 9.10. The largest absolute Gasteiger partial charge is 0.444 e. The van der Waals surface area contributed by atoms with Gasteiger partial charge in [-0.2, -0.15) is 0 Å². The summed E-state index contributed by atoms with van der Waals surface area (Å²) in [6, 6.07) is 12.6. The van der Waals surface area contributed by atoms with E-state index >= 15 is 0 Å². The Bertz CT molecular complexity index is 1090. The van der Waals surface area contributed by atoms with Crippen LogP contribution >= 0.6 is 15.9 Å². The molecule has 0 radical (unpaired) electrons. The van der Waals surface area contributed by atoms with Gasteiger partial charge in [0.05, 0.1) is 24.3 Å². The summed E-state index contributed by atoms with van der Waals surface area (Å²) in [6.07, 6.45) is 0.953. The van der Waals surface area contributed by atoms with Crippen molar-refractivity contribution in [2.75, 3.05) is 0 Å². The summed E-state index contributed by atoms with van der Waals surface area (Å²) in [7, 11) is 0. The number of carbonyl (C=O) groups is 2. The van der Waals surface area contributed by atoms with Crippen molar-refractivity contribution >= 4 is 27.9 Å². The first-order chi connectivity index (χ1) is 18.4. The maximum Gasteiger partial charge on any atom is 0.407 e. The Kier molecular flexibility index (Phi) is 11.3. The van der Waals surface area contributed by atoms with Crippen LogP contribution in [0.4, 0.5) is 9.18 Å². The summed E-state index contributed by atoms with van der Waals surface area (Å²) in [4.78, 5) is 26.1. The third-order valence-electron chi connectivity index (χ3n) is 6.91. The number of carbonyl (C=O) groups excluding carboxylic acids is 2. The minimum atomic E-state index is -1.14. The van der Waals surface area contributed by atoms with E-state index in [1.807, 2.05) is 24.3 Å². The van der Waals surface area contributed by atoms with E-state index in [0.29, 0.717) is 24.8 Å². The monoisotopic (exact) mass is 606 g/mol. The van der Waals surface area contributed by atoms with Crippen LogP contribution in [-0.2, 0) is 22.4 Å². The topological polar surface area (TPSA) is 108 Å². The summed E-state index contributed by atoms with van der Waals surface area (Å²) in [5.41, 5.74) is 0.503. The lowest BCUT2D eigenvalue weighted by Gasteiger charge is -2.32. The van der Waals surface area contributed by atoms with Crippen LogP contribution in [-0.4, -0.2) is 52.1 Å². The Morgan fingerprint density at radius 2 is 1.74 bits per heavy atom. The van der Waals surface area contributed by atoms with Gasteiger partial charge in [-0.3, -0.25) is 4.79 Å². The highest BCUT2D eigenvalue weighted by Gasteiger charge is 2.33. The molecule has 0 heterocycles. The van der Waals surface area contributed by atoms with Crippen molar-refractivity contribution in [3.63, 3.8) is 0 Å². The molecule has 1 aliphatic carbocycles. The van der Waals surface area contributed by atoms with Gasteiger partial charge in [-0.25, -0.2) is 9.18 Å². The van der Waals surface area contributed by atoms with E-state index < -0.39 is 41.7 Å². The lowest BCUT2D eigenvalue weighted by molar-refractivity contribution is -0.128. The molecule has 3 rings (SSSR count).